The summed E-state index contributed by atoms with van der Waals surface area (Å²) in [6.45, 7) is 0.135. The van der Waals surface area contributed by atoms with Crippen molar-refractivity contribution in [1.82, 2.24) is 10.2 Å². The molecule has 1 aliphatic heterocycles. The molecule has 0 aliphatic carbocycles. The molecule has 4 nitrogen and oxygen atoms in total. The molecule has 1 aromatic rings. The molecule has 0 spiro atoms. The van der Waals surface area contributed by atoms with Gasteiger partial charge in [0.1, 0.15) is 6.04 Å². The van der Waals surface area contributed by atoms with Crippen molar-refractivity contribution in [2.75, 3.05) is 13.2 Å². The predicted octanol–water partition coefficient (Wildman–Crippen LogP) is 2.72. The summed E-state index contributed by atoms with van der Waals surface area (Å²) >= 11 is 0. The lowest BCUT2D eigenvalue weighted by atomic mass is 10.0. The average molecular weight is 330 g/mol. The van der Waals surface area contributed by atoms with Gasteiger partial charge >= 0.3 is 12.2 Å². The molecular formula is C16H21F3N2O2. The molecule has 0 radical (unpaired) electrons. The van der Waals surface area contributed by atoms with Gasteiger partial charge in [-0.3, -0.25) is 0 Å². The zero-order valence-electron chi connectivity index (χ0n) is 12.7. The molecule has 1 fully saturated rings. The number of nitrogens with one attached hydrogen (secondary N) is 1. The molecule has 0 aromatic heterocycles. The molecule has 2 N–H and O–H groups in total. The molecule has 7 heteroatoms. The summed E-state index contributed by atoms with van der Waals surface area (Å²) in [7, 11) is 0. The molecule has 2 atom stereocenters. The Bertz CT molecular complexity index is 508. The molecule has 1 heterocycles. The third kappa shape index (κ3) is 4.86. The van der Waals surface area contributed by atoms with Crippen molar-refractivity contribution >= 4 is 6.03 Å². The molecule has 1 aromatic carbocycles. The number of alkyl halides is 3. The number of aliphatic hydroxyl groups excluding tert-OH is 1. The molecule has 0 bridgehead atoms. The second-order valence-electron chi connectivity index (χ2n) is 5.76. The third-order valence-corrected chi connectivity index (χ3v) is 4.07. The lowest BCUT2D eigenvalue weighted by Crippen LogP contribution is -2.56. The van der Waals surface area contributed by atoms with Crippen LogP contribution in [0.25, 0.3) is 0 Å². The third-order valence-electron chi connectivity index (χ3n) is 4.07. The Morgan fingerprint density at radius 3 is 2.61 bits per heavy atom. The van der Waals surface area contributed by atoms with Crippen LogP contribution in [0.1, 0.15) is 24.8 Å². The molecule has 128 valence electrons. The molecule has 2 amide bonds. The summed E-state index contributed by atoms with van der Waals surface area (Å²) in [6.07, 6.45) is -2.63. The van der Waals surface area contributed by atoms with E-state index in [1.807, 2.05) is 0 Å². The predicted molar refractivity (Wildman–Crippen MR) is 80.0 cm³/mol. The van der Waals surface area contributed by atoms with Gasteiger partial charge in [0.25, 0.3) is 0 Å². The molecular weight excluding hydrogens is 309 g/mol. The number of likely N-dealkylation sites (tertiary alicyclic amines) is 1. The monoisotopic (exact) mass is 330 g/mol. The van der Waals surface area contributed by atoms with E-state index in [4.69, 9.17) is 0 Å². The van der Waals surface area contributed by atoms with Gasteiger partial charge in [0.2, 0.25) is 0 Å². The van der Waals surface area contributed by atoms with Gasteiger partial charge in [-0.2, -0.15) is 13.2 Å². The fourth-order valence-electron chi connectivity index (χ4n) is 2.79. The number of piperidine rings is 1. The topological polar surface area (TPSA) is 52.6 Å². The van der Waals surface area contributed by atoms with Crippen LogP contribution < -0.4 is 5.32 Å². The Morgan fingerprint density at radius 1 is 1.30 bits per heavy atom. The summed E-state index contributed by atoms with van der Waals surface area (Å²) < 4.78 is 39.7. The summed E-state index contributed by atoms with van der Waals surface area (Å²) in [5.74, 6) is 0. The number of carbonyl (C=O) groups excluding carboxylic acids is 1. The summed E-state index contributed by atoms with van der Waals surface area (Å²) in [5, 5.41) is 11.4. The minimum Gasteiger partial charge on any atom is -0.394 e. The fourth-order valence-corrected chi connectivity index (χ4v) is 2.79. The maximum absolute atomic E-state index is 13.2. The molecule has 0 unspecified atom stereocenters. The molecule has 1 saturated heterocycles. The molecule has 1 aliphatic rings. The maximum Gasteiger partial charge on any atom is 0.408 e. The van der Waals surface area contributed by atoms with Crippen LogP contribution in [-0.4, -0.2) is 47.4 Å². The van der Waals surface area contributed by atoms with Crippen molar-refractivity contribution in [2.24, 2.45) is 0 Å². The van der Waals surface area contributed by atoms with Crippen LogP contribution in [0.2, 0.25) is 0 Å². The lowest BCUT2D eigenvalue weighted by molar-refractivity contribution is -0.153. The van der Waals surface area contributed by atoms with Crippen molar-refractivity contribution in [1.29, 1.82) is 0 Å². The quantitative estimate of drug-likeness (QED) is 0.892. The summed E-state index contributed by atoms with van der Waals surface area (Å²) in [6, 6.07) is 5.14. The van der Waals surface area contributed by atoms with Crippen LogP contribution in [0.15, 0.2) is 30.3 Å². The first-order valence-electron chi connectivity index (χ1n) is 7.70. The minimum atomic E-state index is -4.53. The number of hydrogen-bond donors (Lipinski definition) is 2. The van der Waals surface area contributed by atoms with Gasteiger partial charge in [0.15, 0.2) is 0 Å². The average Bonchev–Trinajstić information content (AvgIpc) is 2.54. The van der Waals surface area contributed by atoms with E-state index in [0.29, 0.717) is 18.5 Å². The van der Waals surface area contributed by atoms with Crippen molar-refractivity contribution < 1.29 is 23.1 Å². The number of hydrogen-bond acceptors (Lipinski definition) is 2. The largest absolute Gasteiger partial charge is 0.408 e. The van der Waals surface area contributed by atoms with E-state index in [2.05, 4.69) is 5.32 Å². The zero-order valence-corrected chi connectivity index (χ0v) is 12.7. The van der Waals surface area contributed by atoms with Gasteiger partial charge in [-0.05, 0) is 24.8 Å². The number of nitrogens with zero attached hydrogens (tertiary/aromatic N) is 1. The van der Waals surface area contributed by atoms with Gasteiger partial charge in [-0.25, -0.2) is 4.79 Å². The maximum atomic E-state index is 13.2. The number of amides is 2. The van der Waals surface area contributed by atoms with Crippen molar-refractivity contribution in [3.8, 4) is 0 Å². The first kappa shape index (κ1) is 17.6. The van der Waals surface area contributed by atoms with Gasteiger partial charge in [-0.15, -0.1) is 0 Å². The van der Waals surface area contributed by atoms with Crippen LogP contribution in [0, 0.1) is 0 Å². The number of benzene rings is 1. The van der Waals surface area contributed by atoms with E-state index in [0.717, 1.165) is 12.8 Å². The first-order valence-corrected chi connectivity index (χ1v) is 7.70. The molecule has 2 rings (SSSR count). The van der Waals surface area contributed by atoms with Crippen LogP contribution in [0.3, 0.4) is 0 Å². The normalized spacial score (nSPS) is 20.2. The second-order valence-corrected chi connectivity index (χ2v) is 5.76. The Morgan fingerprint density at radius 2 is 2.00 bits per heavy atom. The fraction of sp³-hybridized carbons (Fsp3) is 0.562. The Labute approximate surface area is 133 Å². The van der Waals surface area contributed by atoms with Crippen molar-refractivity contribution in [3.05, 3.63) is 35.9 Å². The van der Waals surface area contributed by atoms with Gasteiger partial charge in [-0.1, -0.05) is 30.3 Å². The highest BCUT2D eigenvalue weighted by Crippen LogP contribution is 2.24. The van der Waals surface area contributed by atoms with E-state index in [-0.39, 0.29) is 13.0 Å². The standard InChI is InChI=1S/C16H21F3N2O2/c17-16(18,19)14(10-12-6-2-1-3-7-12)20-15(23)21-9-5-4-8-13(21)11-22/h1-3,6-7,13-14,22H,4-5,8-11H2,(H,20,23)/t13-,14-/m0/s1. The zero-order chi connectivity index (χ0) is 16.9. The van der Waals surface area contributed by atoms with E-state index in [1.54, 1.807) is 30.3 Å². The van der Waals surface area contributed by atoms with Gasteiger partial charge in [0.05, 0.1) is 12.6 Å². The highest BCUT2D eigenvalue weighted by atomic mass is 19.4. The summed E-state index contributed by atoms with van der Waals surface area (Å²) in [5.41, 5.74) is 0.507. The first-order chi connectivity index (χ1) is 10.9. The van der Waals surface area contributed by atoms with E-state index in [9.17, 15) is 23.1 Å². The Balaban J connectivity index is 2.06. The van der Waals surface area contributed by atoms with E-state index in [1.165, 1.54) is 4.90 Å². The van der Waals surface area contributed by atoms with Crippen molar-refractivity contribution in [2.45, 2.75) is 43.9 Å². The van der Waals surface area contributed by atoms with Gasteiger partial charge in [0, 0.05) is 13.0 Å². The highest BCUT2D eigenvalue weighted by molar-refractivity contribution is 5.75. The number of carbonyl (C=O) groups is 1. The number of rotatable bonds is 4. The van der Waals surface area contributed by atoms with Crippen LogP contribution in [0.5, 0.6) is 0 Å². The van der Waals surface area contributed by atoms with Crippen LogP contribution in [0.4, 0.5) is 18.0 Å². The number of halogens is 3. The summed E-state index contributed by atoms with van der Waals surface area (Å²) in [4.78, 5) is 13.5. The second kappa shape index (κ2) is 7.68. The Hall–Kier alpha value is -1.76. The Kier molecular flexibility index (Phi) is 5.87. The molecule has 23 heavy (non-hydrogen) atoms. The lowest BCUT2D eigenvalue weighted by Gasteiger charge is -2.36. The smallest absolute Gasteiger partial charge is 0.394 e. The highest BCUT2D eigenvalue weighted by Gasteiger charge is 2.42. The van der Waals surface area contributed by atoms with Gasteiger partial charge < -0.3 is 15.3 Å². The van der Waals surface area contributed by atoms with E-state index < -0.39 is 24.3 Å². The van der Waals surface area contributed by atoms with E-state index >= 15 is 0 Å². The molecule has 0 saturated carbocycles. The van der Waals surface area contributed by atoms with Crippen molar-refractivity contribution in [3.63, 3.8) is 0 Å². The van der Waals surface area contributed by atoms with Crippen LogP contribution >= 0.6 is 0 Å². The minimum absolute atomic E-state index is 0.233. The SMILES string of the molecule is O=C(N[C@@H](Cc1ccccc1)C(F)(F)F)N1CCCC[C@H]1CO. The number of aliphatic hydroxyl groups is 1. The van der Waals surface area contributed by atoms with Crippen LogP contribution in [-0.2, 0) is 6.42 Å². The number of urea groups is 1.